The lowest BCUT2D eigenvalue weighted by Gasteiger charge is -2.32. The Morgan fingerprint density at radius 1 is 1.25 bits per heavy atom. The highest BCUT2D eigenvalue weighted by Crippen LogP contribution is 2.36. The van der Waals surface area contributed by atoms with Gasteiger partial charge in [0.2, 0.25) is 0 Å². The van der Waals surface area contributed by atoms with Gasteiger partial charge in [0, 0.05) is 0 Å². The summed E-state index contributed by atoms with van der Waals surface area (Å²) in [6.07, 6.45) is 1.08. The van der Waals surface area contributed by atoms with Crippen molar-refractivity contribution in [1.29, 1.82) is 0 Å². The smallest absolute Gasteiger partial charge is 0.162 e. The van der Waals surface area contributed by atoms with Gasteiger partial charge in [0.25, 0.3) is 0 Å². The summed E-state index contributed by atoms with van der Waals surface area (Å²) in [5, 5.41) is 0. The van der Waals surface area contributed by atoms with Crippen LogP contribution in [0.1, 0.15) is 33.3 Å². The molecule has 0 unspecified atom stereocenters. The van der Waals surface area contributed by atoms with E-state index in [1.807, 2.05) is 19.9 Å². The van der Waals surface area contributed by atoms with E-state index < -0.39 is 0 Å². The van der Waals surface area contributed by atoms with E-state index in [4.69, 9.17) is 9.47 Å². The standard InChI is InChI=1S/C14H20O2/c1-10(2)7-11-5-6-12-13(8-11)15-9-14(3,4)16-12/h5-6,8,10H,7,9H2,1-4H3. The molecule has 2 rings (SSSR count). The van der Waals surface area contributed by atoms with Gasteiger partial charge >= 0.3 is 0 Å². The summed E-state index contributed by atoms with van der Waals surface area (Å²) in [7, 11) is 0. The van der Waals surface area contributed by atoms with E-state index in [0.717, 1.165) is 17.9 Å². The largest absolute Gasteiger partial charge is 0.486 e. The van der Waals surface area contributed by atoms with Crippen molar-refractivity contribution < 1.29 is 9.47 Å². The van der Waals surface area contributed by atoms with Crippen LogP contribution in [0.15, 0.2) is 18.2 Å². The first-order chi connectivity index (χ1) is 7.46. The molecule has 1 aliphatic rings. The number of rotatable bonds is 2. The van der Waals surface area contributed by atoms with Gasteiger partial charge in [-0.3, -0.25) is 0 Å². The van der Waals surface area contributed by atoms with Crippen molar-refractivity contribution in [3.8, 4) is 11.5 Å². The first kappa shape index (κ1) is 11.3. The minimum Gasteiger partial charge on any atom is -0.486 e. The monoisotopic (exact) mass is 220 g/mol. The molecule has 1 aliphatic heterocycles. The fraction of sp³-hybridized carbons (Fsp3) is 0.571. The summed E-state index contributed by atoms with van der Waals surface area (Å²) in [4.78, 5) is 0. The van der Waals surface area contributed by atoms with Gasteiger partial charge in [-0.1, -0.05) is 19.9 Å². The Hall–Kier alpha value is -1.18. The predicted octanol–water partition coefficient (Wildman–Crippen LogP) is 3.43. The fourth-order valence-corrected chi connectivity index (χ4v) is 1.93. The number of fused-ring (bicyclic) bond motifs is 1. The van der Waals surface area contributed by atoms with Crippen LogP contribution in [-0.2, 0) is 6.42 Å². The predicted molar refractivity (Wildman–Crippen MR) is 65.2 cm³/mol. The Balaban J connectivity index is 2.21. The zero-order chi connectivity index (χ0) is 11.8. The molecule has 1 aromatic rings. The van der Waals surface area contributed by atoms with Gasteiger partial charge in [-0.15, -0.1) is 0 Å². The molecule has 0 fully saturated rings. The number of hydrogen-bond donors (Lipinski definition) is 0. The Bertz CT molecular complexity index is 380. The molecular weight excluding hydrogens is 200 g/mol. The molecule has 2 heteroatoms. The van der Waals surface area contributed by atoms with E-state index in [0.29, 0.717) is 12.5 Å². The normalized spacial score (nSPS) is 17.6. The van der Waals surface area contributed by atoms with Crippen molar-refractivity contribution in [2.45, 2.75) is 39.7 Å². The molecule has 1 aromatic carbocycles. The van der Waals surface area contributed by atoms with Crippen LogP contribution in [0, 0.1) is 5.92 Å². The summed E-state index contributed by atoms with van der Waals surface area (Å²) in [6, 6.07) is 6.25. The molecule has 0 N–H and O–H groups in total. The van der Waals surface area contributed by atoms with Crippen LogP contribution in [0.4, 0.5) is 0 Å². The van der Waals surface area contributed by atoms with Gasteiger partial charge in [0.15, 0.2) is 11.5 Å². The molecule has 0 atom stereocenters. The van der Waals surface area contributed by atoms with Gasteiger partial charge in [0.05, 0.1) is 0 Å². The van der Waals surface area contributed by atoms with Crippen LogP contribution in [-0.4, -0.2) is 12.2 Å². The molecule has 2 nitrogen and oxygen atoms in total. The molecule has 88 valence electrons. The van der Waals surface area contributed by atoms with Crippen molar-refractivity contribution >= 4 is 0 Å². The lowest BCUT2D eigenvalue weighted by molar-refractivity contribution is 0.0212. The van der Waals surface area contributed by atoms with E-state index in [2.05, 4.69) is 26.0 Å². The topological polar surface area (TPSA) is 18.5 Å². The highest BCUT2D eigenvalue weighted by molar-refractivity contribution is 5.44. The molecular formula is C14H20O2. The van der Waals surface area contributed by atoms with Gasteiger partial charge in [-0.25, -0.2) is 0 Å². The third-order valence-electron chi connectivity index (χ3n) is 2.61. The third-order valence-corrected chi connectivity index (χ3v) is 2.61. The maximum absolute atomic E-state index is 5.85. The van der Waals surface area contributed by atoms with Crippen molar-refractivity contribution in [1.82, 2.24) is 0 Å². The lowest BCUT2D eigenvalue weighted by atomic mass is 10.0. The highest BCUT2D eigenvalue weighted by Gasteiger charge is 2.27. The summed E-state index contributed by atoms with van der Waals surface area (Å²) in [5.74, 6) is 2.42. The van der Waals surface area contributed by atoms with E-state index in [9.17, 15) is 0 Å². The van der Waals surface area contributed by atoms with Crippen LogP contribution in [0.3, 0.4) is 0 Å². The fourth-order valence-electron chi connectivity index (χ4n) is 1.93. The Morgan fingerprint density at radius 3 is 2.69 bits per heavy atom. The van der Waals surface area contributed by atoms with Crippen molar-refractivity contribution in [2.24, 2.45) is 5.92 Å². The average Bonchev–Trinajstić information content (AvgIpc) is 2.16. The molecule has 0 saturated heterocycles. The summed E-state index contributed by atoms with van der Waals surface area (Å²) >= 11 is 0. The Morgan fingerprint density at radius 2 is 2.00 bits per heavy atom. The average molecular weight is 220 g/mol. The number of benzene rings is 1. The van der Waals surface area contributed by atoms with Gasteiger partial charge < -0.3 is 9.47 Å². The van der Waals surface area contributed by atoms with Crippen LogP contribution in [0.5, 0.6) is 11.5 Å². The van der Waals surface area contributed by atoms with E-state index >= 15 is 0 Å². The van der Waals surface area contributed by atoms with Crippen LogP contribution >= 0.6 is 0 Å². The Labute approximate surface area is 97.6 Å². The molecule has 0 radical (unpaired) electrons. The number of ether oxygens (including phenoxy) is 2. The van der Waals surface area contributed by atoms with Crippen molar-refractivity contribution in [3.05, 3.63) is 23.8 Å². The zero-order valence-corrected chi connectivity index (χ0v) is 10.5. The second-order valence-corrected chi connectivity index (χ2v) is 5.53. The minimum absolute atomic E-state index is 0.216. The maximum atomic E-state index is 5.85. The molecule has 0 aliphatic carbocycles. The quantitative estimate of drug-likeness (QED) is 0.760. The lowest BCUT2D eigenvalue weighted by Crippen LogP contribution is -2.38. The van der Waals surface area contributed by atoms with Crippen LogP contribution in [0.25, 0.3) is 0 Å². The maximum Gasteiger partial charge on any atom is 0.162 e. The van der Waals surface area contributed by atoms with Gasteiger partial charge in [-0.05, 0) is 43.9 Å². The second kappa shape index (κ2) is 4.00. The van der Waals surface area contributed by atoms with Crippen molar-refractivity contribution in [2.75, 3.05) is 6.61 Å². The number of hydrogen-bond acceptors (Lipinski definition) is 2. The Kier molecular flexibility index (Phi) is 2.83. The first-order valence-corrected chi connectivity index (χ1v) is 5.91. The summed E-state index contributed by atoms with van der Waals surface area (Å²) < 4.78 is 11.6. The van der Waals surface area contributed by atoms with Crippen molar-refractivity contribution in [3.63, 3.8) is 0 Å². The third kappa shape index (κ3) is 2.49. The SMILES string of the molecule is CC(C)Cc1ccc2c(c1)OCC(C)(C)O2. The van der Waals surface area contributed by atoms with Gasteiger partial charge in [0.1, 0.15) is 12.2 Å². The van der Waals surface area contributed by atoms with Crippen LogP contribution < -0.4 is 9.47 Å². The molecule has 0 spiro atoms. The van der Waals surface area contributed by atoms with E-state index in [1.54, 1.807) is 0 Å². The molecule has 0 saturated carbocycles. The summed E-state index contributed by atoms with van der Waals surface area (Å²) in [6.45, 7) is 9.14. The zero-order valence-electron chi connectivity index (χ0n) is 10.5. The molecule has 0 bridgehead atoms. The molecule has 0 aromatic heterocycles. The molecule has 0 amide bonds. The first-order valence-electron chi connectivity index (χ1n) is 5.91. The summed E-state index contributed by atoms with van der Waals surface area (Å²) in [5.41, 5.74) is 1.10. The molecule has 16 heavy (non-hydrogen) atoms. The highest BCUT2D eigenvalue weighted by atomic mass is 16.6. The second-order valence-electron chi connectivity index (χ2n) is 5.53. The molecule has 1 heterocycles. The minimum atomic E-state index is -0.216. The van der Waals surface area contributed by atoms with E-state index in [1.165, 1.54) is 5.56 Å². The van der Waals surface area contributed by atoms with E-state index in [-0.39, 0.29) is 5.60 Å². The van der Waals surface area contributed by atoms with Crippen LogP contribution in [0.2, 0.25) is 0 Å². The van der Waals surface area contributed by atoms with Gasteiger partial charge in [-0.2, -0.15) is 0 Å².